The van der Waals surface area contributed by atoms with Gasteiger partial charge in [0, 0.05) is 22.1 Å². The van der Waals surface area contributed by atoms with Gasteiger partial charge < -0.3 is 10.1 Å². The number of urea groups is 1. The summed E-state index contributed by atoms with van der Waals surface area (Å²) >= 11 is 5.89. The number of halogens is 1. The lowest BCUT2D eigenvalue weighted by Gasteiger charge is -2.12. The fraction of sp³-hybridized carbons (Fsp3) is 0.182. The number of rotatable bonds is 5. The Labute approximate surface area is 185 Å². The number of anilines is 2. The number of carbonyl (C=O) groups excluding carboxylic acids is 1. The van der Waals surface area contributed by atoms with Crippen LogP contribution in [0.3, 0.4) is 0 Å². The molecule has 160 valence electrons. The number of aryl methyl sites for hydroxylation is 2. The molecule has 2 aromatic carbocycles. The van der Waals surface area contributed by atoms with Crippen molar-refractivity contribution < 1.29 is 9.53 Å². The molecule has 0 bridgehead atoms. The van der Waals surface area contributed by atoms with Gasteiger partial charge in [0.15, 0.2) is 0 Å². The summed E-state index contributed by atoms with van der Waals surface area (Å²) in [5.41, 5.74) is 3.14. The first-order valence-electron chi connectivity index (χ1n) is 9.51. The topological polar surface area (TPSA) is 101 Å². The Balaban J connectivity index is 1.76. The molecule has 1 heterocycles. The summed E-state index contributed by atoms with van der Waals surface area (Å²) in [5.74, 6) is 1.32. The summed E-state index contributed by atoms with van der Waals surface area (Å²) in [6, 6.07) is 15.7. The van der Waals surface area contributed by atoms with Crippen molar-refractivity contribution >= 4 is 35.2 Å². The van der Waals surface area contributed by atoms with Crippen molar-refractivity contribution in [1.29, 1.82) is 0 Å². The van der Waals surface area contributed by atoms with Gasteiger partial charge in [-0.3, -0.25) is 10.6 Å². The molecular formula is C22H23ClN6O2. The summed E-state index contributed by atoms with van der Waals surface area (Å²) in [7, 11) is 1.61. The van der Waals surface area contributed by atoms with Gasteiger partial charge >= 0.3 is 6.03 Å². The first-order chi connectivity index (χ1) is 14.9. The van der Waals surface area contributed by atoms with E-state index in [1.807, 2.05) is 44.2 Å². The number of guanidine groups is 1. The van der Waals surface area contributed by atoms with Crippen molar-refractivity contribution in [3.05, 3.63) is 76.6 Å². The van der Waals surface area contributed by atoms with Crippen molar-refractivity contribution in [1.82, 2.24) is 15.3 Å². The van der Waals surface area contributed by atoms with Gasteiger partial charge in [0.1, 0.15) is 5.75 Å². The monoisotopic (exact) mass is 438 g/mol. The smallest absolute Gasteiger partial charge is 0.326 e. The van der Waals surface area contributed by atoms with E-state index in [0.717, 1.165) is 22.7 Å². The van der Waals surface area contributed by atoms with Crippen LogP contribution in [-0.2, 0) is 6.54 Å². The number of amides is 2. The van der Waals surface area contributed by atoms with Gasteiger partial charge in [-0.15, -0.1) is 0 Å². The quantitative estimate of drug-likeness (QED) is 0.401. The SMILES string of the molecule is COc1ccc(CN=C(NC(=O)Nc2ccc(Cl)cc2)Nc2nc(C)cc(C)n2)cc1. The first kappa shape index (κ1) is 22.0. The minimum absolute atomic E-state index is 0.215. The molecule has 0 unspecified atom stereocenters. The van der Waals surface area contributed by atoms with Gasteiger partial charge in [0.2, 0.25) is 11.9 Å². The lowest BCUT2D eigenvalue weighted by molar-refractivity contribution is 0.256. The number of nitrogens with zero attached hydrogens (tertiary/aromatic N) is 3. The zero-order valence-electron chi connectivity index (χ0n) is 17.4. The number of nitrogens with one attached hydrogen (secondary N) is 3. The minimum atomic E-state index is -0.465. The van der Waals surface area contributed by atoms with E-state index in [1.54, 1.807) is 31.4 Å². The van der Waals surface area contributed by atoms with Crippen molar-refractivity contribution in [2.24, 2.45) is 4.99 Å². The Morgan fingerprint density at radius 3 is 2.26 bits per heavy atom. The highest BCUT2D eigenvalue weighted by atomic mass is 35.5. The van der Waals surface area contributed by atoms with Crippen LogP contribution in [0.5, 0.6) is 5.75 Å². The standard InChI is InChI=1S/C22H23ClN6O2/c1-14-12-15(2)26-21(25-14)28-20(24-13-16-4-10-19(31-3)11-5-16)29-22(30)27-18-8-6-17(23)7-9-18/h4-12H,13H2,1-3H3,(H3,24,25,26,27,28,29,30). The molecule has 8 nitrogen and oxygen atoms in total. The Kier molecular flexibility index (Phi) is 7.40. The Morgan fingerprint density at radius 1 is 1.00 bits per heavy atom. The third-order valence-corrected chi connectivity index (χ3v) is 4.38. The summed E-state index contributed by atoms with van der Waals surface area (Å²) in [6.07, 6.45) is 0. The highest BCUT2D eigenvalue weighted by molar-refractivity contribution is 6.30. The average molecular weight is 439 g/mol. The maximum atomic E-state index is 12.5. The molecular weight excluding hydrogens is 416 g/mol. The molecule has 2 amide bonds. The second-order valence-corrected chi connectivity index (χ2v) is 7.13. The number of ether oxygens (including phenoxy) is 1. The van der Waals surface area contributed by atoms with Gasteiger partial charge in [0.05, 0.1) is 13.7 Å². The molecule has 0 fully saturated rings. The predicted molar refractivity (Wildman–Crippen MR) is 123 cm³/mol. The molecule has 9 heteroatoms. The third kappa shape index (κ3) is 6.97. The van der Waals surface area contributed by atoms with Crippen LogP contribution in [0, 0.1) is 13.8 Å². The molecule has 3 rings (SSSR count). The highest BCUT2D eigenvalue weighted by Gasteiger charge is 2.09. The number of hydrogen-bond acceptors (Lipinski definition) is 5. The van der Waals surface area contributed by atoms with E-state index < -0.39 is 6.03 Å². The molecule has 0 radical (unpaired) electrons. The molecule has 1 aromatic heterocycles. The number of aromatic nitrogens is 2. The van der Waals surface area contributed by atoms with E-state index in [1.165, 1.54) is 0 Å². The first-order valence-corrected chi connectivity index (χ1v) is 9.89. The predicted octanol–water partition coefficient (Wildman–Crippen LogP) is 4.55. The lowest BCUT2D eigenvalue weighted by atomic mass is 10.2. The molecule has 0 saturated heterocycles. The lowest BCUT2D eigenvalue weighted by Crippen LogP contribution is -2.39. The van der Waals surface area contributed by atoms with Crippen LogP contribution in [0.15, 0.2) is 59.6 Å². The van der Waals surface area contributed by atoms with Gasteiger partial charge in [0.25, 0.3) is 0 Å². The Bertz CT molecular complexity index is 1050. The Hall–Kier alpha value is -3.65. The second-order valence-electron chi connectivity index (χ2n) is 6.70. The molecule has 3 N–H and O–H groups in total. The molecule has 0 aliphatic carbocycles. The largest absolute Gasteiger partial charge is 0.497 e. The van der Waals surface area contributed by atoms with Gasteiger partial charge in [-0.25, -0.2) is 19.8 Å². The number of carbonyl (C=O) groups is 1. The van der Waals surface area contributed by atoms with Crippen LogP contribution in [0.2, 0.25) is 5.02 Å². The molecule has 0 spiro atoms. The van der Waals surface area contributed by atoms with Crippen LogP contribution in [0.25, 0.3) is 0 Å². The van der Waals surface area contributed by atoms with Gasteiger partial charge in [-0.1, -0.05) is 23.7 Å². The van der Waals surface area contributed by atoms with Crippen molar-refractivity contribution in [2.45, 2.75) is 20.4 Å². The third-order valence-electron chi connectivity index (χ3n) is 4.13. The highest BCUT2D eigenvalue weighted by Crippen LogP contribution is 2.14. The summed E-state index contributed by atoms with van der Waals surface area (Å²) in [6.45, 7) is 4.07. The minimum Gasteiger partial charge on any atom is -0.497 e. The molecule has 0 aliphatic rings. The van der Waals surface area contributed by atoms with Crippen LogP contribution in [-0.4, -0.2) is 29.1 Å². The summed E-state index contributed by atoms with van der Waals surface area (Å²) < 4.78 is 5.17. The molecule has 31 heavy (non-hydrogen) atoms. The van der Waals surface area contributed by atoms with Crippen LogP contribution in [0.1, 0.15) is 17.0 Å². The van der Waals surface area contributed by atoms with Gasteiger partial charge in [-0.2, -0.15) is 0 Å². The average Bonchev–Trinajstić information content (AvgIpc) is 2.73. The zero-order valence-corrected chi connectivity index (χ0v) is 18.2. The fourth-order valence-electron chi connectivity index (χ4n) is 2.70. The molecule has 0 saturated carbocycles. The van der Waals surface area contributed by atoms with E-state index in [9.17, 15) is 4.79 Å². The van der Waals surface area contributed by atoms with E-state index in [-0.39, 0.29) is 5.96 Å². The van der Waals surface area contributed by atoms with Crippen LogP contribution < -0.4 is 20.7 Å². The second kappa shape index (κ2) is 10.4. The summed E-state index contributed by atoms with van der Waals surface area (Å²) in [4.78, 5) is 25.7. The molecule has 0 aliphatic heterocycles. The maximum Gasteiger partial charge on any atom is 0.326 e. The normalized spacial score (nSPS) is 11.0. The van der Waals surface area contributed by atoms with E-state index >= 15 is 0 Å². The van der Waals surface area contributed by atoms with Crippen molar-refractivity contribution in [3.63, 3.8) is 0 Å². The van der Waals surface area contributed by atoms with Crippen LogP contribution >= 0.6 is 11.6 Å². The maximum absolute atomic E-state index is 12.5. The van der Waals surface area contributed by atoms with E-state index in [0.29, 0.717) is 23.2 Å². The number of methoxy groups -OCH3 is 1. The zero-order chi connectivity index (χ0) is 22.2. The van der Waals surface area contributed by atoms with E-state index in [2.05, 4.69) is 30.9 Å². The molecule has 0 atom stereocenters. The van der Waals surface area contributed by atoms with Gasteiger partial charge in [-0.05, 0) is 61.9 Å². The summed E-state index contributed by atoms with van der Waals surface area (Å²) in [5, 5.41) is 9.02. The van der Waals surface area contributed by atoms with Crippen molar-refractivity contribution in [2.75, 3.05) is 17.7 Å². The van der Waals surface area contributed by atoms with E-state index in [4.69, 9.17) is 16.3 Å². The van der Waals surface area contributed by atoms with Crippen molar-refractivity contribution in [3.8, 4) is 5.75 Å². The van der Waals surface area contributed by atoms with Crippen LogP contribution in [0.4, 0.5) is 16.4 Å². The number of benzene rings is 2. The fourth-order valence-corrected chi connectivity index (χ4v) is 2.83. The number of hydrogen-bond donors (Lipinski definition) is 3. The molecule has 3 aromatic rings. The number of aliphatic imine (C=N–C) groups is 1. The Morgan fingerprint density at radius 2 is 1.65 bits per heavy atom.